The van der Waals surface area contributed by atoms with Crippen LogP contribution in [0.25, 0.3) is 0 Å². The average molecular weight is 253 g/mol. The van der Waals surface area contributed by atoms with E-state index in [-0.39, 0.29) is 0 Å². The van der Waals surface area contributed by atoms with Crippen molar-refractivity contribution in [3.05, 3.63) is 71.3 Å². The molecule has 100 valence electrons. The molecule has 0 fully saturated rings. The maximum absolute atomic E-state index is 3.62. The highest BCUT2D eigenvalue weighted by Gasteiger charge is 2.13. The van der Waals surface area contributed by atoms with Crippen molar-refractivity contribution in [1.29, 1.82) is 0 Å². The monoisotopic (exact) mass is 253 g/mol. The molecule has 1 heteroatoms. The first-order valence-electron chi connectivity index (χ1n) is 7.20. The molecule has 0 aliphatic carbocycles. The molecule has 0 heterocycles. The highest BCUT2D eigenvalue weighted by atomic mass is 14.9. The van der Waals surface area contributed by atoms with E-state index in [1.807, 2.05) is 0 Å². The fraction of sp³-hybridized carbons (Fsp3) is 0.333. The van der Waals surface area contributed by atoms with Crippen LogP contribution in [-0.2, 0) is 12.8 Å². The van der Waals surface area contributed by atoms with E-state index in [4.69, 9.17) is 0 Å². The van der Waals surface area contributed by atoms with Crippen LogP contribution in [0, 0.1) is 0 Å². The van der Waals surface area contributed by atoms with Gasteiger partial charge in [0.15, 0.2) is 0 Å². The van der Waals surface area contributed by atoms with Crippen molar-refractivity contribution in [2.45, 2.75) is 32.7 Å². The fourth-order valence-electron chi connectivity index (χ4n) is 2.58. The van der Waals surface area contributed by atoms with Crippen LogP contribution in [0.5, 0.6) is 0 Å². The zero-order valence-corrected chi connectivity index (χ0v) is 11.9. The third-order valence-corrected chi connectivity index (χ3v) is 3.54. The van der Waals surface area contributed by atoms with E-state index in [0.29, 0.717) is 6.04 Å². The number of hydrogen-bond acceptors (Lipinski definition) is 1. The van der Waals surface area contributed by atoms with Crippen molar-refractivity contribution in [3.8, 4) is 0 Å². The van der Waals surface area contributed by atoms with Gasteiger partial charge in [0, 0.05) is 6.04 Å². The summed E-state index contributed by atoms with van der Waals surface area (Å²) < 4.78 is 0. The minimum Gasteiger partial charge on any atom is -0.310 e. The summed E-state index contributed by atoms with van der Waals surface area (Å²) in [4.78, 5) is 0. The molecule has 2 aromatic carbocycles. The van der Waals surface area contributed by atoms with Crippen LogP contribution in [0.15, 0.2) is 54.6 Å². The van der Waals surface area contributed by atoms with Gasteiger partial charge in [-0.05, 0) is 36.1 Å². The van der Waals surface area contributed by atoms with E-state index in [0.717, 1.165) is 19.4 Å². The lowest BCUT2D eigenvalue weighted by atomic mass is 9.93. The van der Waals surface area contributed by atoms with Crippen LogP contribution < -0.4 is 5.32 Å². The lowest BCUT2D eigenvalue weighted by Gasteiger charge is -2.21. The van der Waals surface area contributed by atoms with Crippen molar-refractivity contribution in [2.75, 3.05) is 6.54 Å². The molecule has 0 spiro atoms. The second-order valence-corrected chi connectivity index (χ2v) is 4.85. The van der Waals surface area contributed by atoms with Gasteiger partial charge in [0.1, 0.15) is 0 Å². The van der Waals surface area contributed by atoms with Crippen LogP contribution in [-0.4, -0.2) is 6.54 Å². The van der Waals surface area contributed by atoms with Crippen LogP contribution in [0.2, 0.25) is 0 Å². The zero-order valence-electron chi connectivity index (χ0n) is 11.9. The number of hydrogen-bond donors (Lipinski definition) is 1. The van der Waals surface area contributed by atoms with E-state index in [1.165, 1.54) is 16.7 Å². The Kier molecular flexibility index (Phi) is 5.17. The Labute approximate surface area is 116 Å². The van der Waals surface area contributed by atoms with Gasteiger partial charge in [-0.25, -0.2) is 0 Å². The summed E-state index contributed by atoms with van der Waals surface area (Å²) in [6, 6.07) is 19.9. The predicted molar refractivity (Wildman–Crippen MR) is 82.4 cm³/mol. The lowest BCUT2D eigenvalue weighted by Crippen LogP contribution is -2.24. The fourth-order valence-corrected chi connectivity index (χ4v) is 2.58. The summed E-state index contributed by atoms with van der Waals surface area (Å²) >= 11 is 0. The molecule has 2 rings (SSSR count). The molecule has 0 bridgehead atoms. The van der Waals surface area contributed by atoms with Gasteiger partial charge >= 0.3 is 0 Å². The van der Waals surface area contributed by atoms with Gasteiger partial charge in [0.2, 0.25) is 0 Å². The first kappa shape index (κ1) is 13.8. The van der Waals surface area contributed by atoms with Gasteiger partial charge in [-0.15, -0.1) is 0 Å². The summed E-state index contributed by atoms with van der Waals surface area (Å²) in [6.45, 7) is 5.40. The van der Waals surface area contributed by atoms with Crippen molar-refractivity contribution >= 4 is 0 Å². The molecule has 0 amide bonds. The van der Waals surface area contributed by atoms with Crippen LogP contribution in [0.3, 0.4) is 0 Å². The standard InChI is InChI=1S/C18H23N/c1-3-16-12-8-9-13-17(16)18(19-4-2)14-15-10-6-5-7-11-15/h5-13,18-19H,3-4,14H2,1-2H3. The minimum absolute atomic E-state index is 0.406. The quantitative estimate of drug-likeness (QED) is 0.815. The van der Waals surface area contributed by atoms with E-state index in [2.05, 4.69) is 73.8 Å². The van der Waals surface area contributed by atoms with E-state index < -0.39 is 0 Å². The average Bonchev–Trinajstić information content (AvgIpc) is 2.48. The Hall–Kier alpha value is -1.60. The Balaban J connectivity index is 2.24. The van der Waals surface area contributed by atoms with Crippen LogP contribution >= 0.6 is 0 Å². The van der Waals surface area contributed by atoms with Crippen molar-refractivity contribution in [2.24, 2.45) is 0 Å². The molecule has 1 atom stereocenters. The first-order chi connectivity index (χ1) is 9.35. The molecule has 0 aliphatic rings. The largest absolute Gasteiger partial charge is 0.310 e. The van der Waals surface area contributed by atoms with E-state index >= 15 is 0 Å². The van der Waals surface area contributed by atoms with Crippen LogP contribution in [0.1, 0.15) is 36.6 Å². The summed E-state index contributed by atoms with van der Waals surface area (Å²) in [7, 11) is 0. The summed E-state index contributed by atoms with van der Waals surface area (Å²) in [5.74, 6) is 0. The number of aryl methyl sites for hydroxylation is 1. The molecule has 1 unspecified atom stereocenters. The maximum Gasteiger partial charge on any atom is 0.0363 e. The molecular formula is C18H23N. The normalized spacial score (nSPS) is 12.3. The minimum atomic E-state index is 0.406. The Bertz CT molecular complexity index is 490. The predicted octanol–water partition coefficient (Wildman–Crippen LogP) is 4.14. The summed E-state index contributed by atoms with van der Waals surface area (Å²) in [5.41, 5.74) is 4.28. The van der Waals surface area contributed by atoms with Gasteiger partial charge < -0.3 is 5.32 Å². The SMILES string of the molecule is CCNC(Cc1ccccc1)c1ccccc1CC. The van der Waals surface area contributed by atoms with Crippen molar-refractivity contribution < 1.29 is 0 Å². The molecule has 0 saturated heterocycles. The van der Waals surface area contributed by atoms with Gasteiger partial charge in [-0.1, -0.05) is 68.4 Å². The molecular weight excluding hydrogens is 230 g/mol. The van der Waals surface area contributed by atoms with Gasteiger partial charge in [-0.3, -0.25) is 0 Å². The van der Waals surface area contributed by atoms with Gasteiger partial charge in [-0.2, -0.15) is 0 Å². The molecule has 0 saturated carbocycles. The number of likely N-dealkylation sites (N-methyl/N-ethyl adjacent to an activating group) is 1. The third-order valence-electron chi connectivity index (χ3n) is 3.54. The molecule has 0 radical (unpaired) electrons. The highest BCUT2D eigenvalue weighted by Crippen LogP contribution is 2.22. The van der Waals surface area contributed by atoms with E-state index in [1.54, 1.807) is 0 Å². The van der Waals surface area contributed by atoms with Gasteiger partial charge in [0.05, 0.1) is 0 Å². The first-order valence-corrected chi connectivity index (χ1v) is 7.20. The van der Waals surface area contributed by atoms with Crippen LogP contribution in [0.4, 0.5) is 0 Å². The Morgan fingerprint density at radius 3 is 2.26 bits per heavy atom. The molecule has 2 aromatic rings. The zero-order chi connectivity index (χ0) is 13.5. The lowest BCUT2D eigenvalue weighted by molar-refractivity contribution is 0.546. The summed E-state index contributed by atoms with van der Waals surface area (Å²) in [5, 5.41) is 3.62. The molecule has 0 aromatic heterocycles. The Morgan fingerprint density at radius 1 is 0.895 bits per heavy atom. The topological polar surface area (TPSA) is 12.0 Å². The number of nitrogens with one attached hydrogen (secondary N) is 1. The van der Waals surface area contributed by atoms with Gasteiger partial charge in [0.25, 0.3) is 0 Å². The highest BCUT2D eigenvalue weighted by molar-refractivity contribution is 5.31. The number of rotatable bonds is 6. The molecule has 1 N–H and O–H groups in total. The number of benzene rings is 2. The second-order valence-electron chi connectivity index (χ2n) is 4.85. The smallest absolute Gasteiger partial charge is 0.0363 e. The summed E-state index contributed by atoms with van der Waals surface area (Å²) in [6.07, 6.45) is 2.14. The molecule has 1 nitrogen and oxygen atoms in total. The van der Waals surface area contributed by atoms with Crippen molar-refractivity contribution in [1.82, 2.24) is 5.32 Å². The molecule has 0 aliphatic heterocycles. The second kappa shape index (κ2) is 7.10. The van der Waals surface area contributed by atoms with E-state index in [9.17, 15) is 0 Å². The Morgan fingerprint density at radius 2 is 1.58 bits per heavy atom. The third kappa shape index (κ3) is 3.68. The maximum atomic E-state index is 3.62. The molecule has 19 heavy (non-hydrogen) atoms. The van der Waals surface area contributed by atoms with Crippen molar-refractivity contribution in [3.63, 3.8) is 0 Å².